The predicted octanol–water partition coefficient (Wildman–Crippen LogP) is 1.24. The number of nitrogens with zero attached hydrogens (tertiary/aromatic N) is 2. The molecular weight excluding hydrogens is 240 g/mol. The maximum absolute atomic E-state index is 11.1. The van der Waals surface area contributed by atoms with Gasteiger partial charge in [0.25, 0.3) is 0 Å². The van der Waals surface area contributed by atoms with Crippen LogP contribution in [0.1, 0.15) is 17.8 Å². The second-order valence-corrected chi connectivity index (χ2v) is 5.21. The first-order chi connectivity index (χ1) is 8.11. The zero-order chi connectivity index (χ0) is 12.4. The fourth-order valence-corrected chi connectivity index (χ4v) is 2.83. The van der Waals surface area contributed by atoms with E-state index in [1.54, 1.807) is 16.8 Å². The Morgan fingerprint density at radius 2 is 2.47 bits per heavy atom. The lowest BCUT2D eigenvalue weighted by Gasteiger charge is -2.31. The molecule has 0 radical (unpaired) electrons. The van der Waals surface area contributed by atoms with Gasteiger partial charge < -0.3 is 9.84 Å². The van der Waals surface area contributed by atoms with E-state index >= 15 is 0 Å². The van der Waals surface area contributed by atoms with Gasteiger partial charge in [-0.25, -0.2) is 0 Å². The summed E-state index contributed by atoms with van der Waals surface area (Å²) in [4.78, 5) is 18.4. The quantitative estimate of drug-likeness (QED) is 0.878. The molecule has 0 bridgehead atoms. The van der Waals surface area contributed by atoms with Crippen LogP contribution in [-0.4, -0.2) is 47.3 Å². The highest BCUT2D eigenvalue weighted by Gasteiger charge is 2.38. The lowest BCUT2D eigenvalue weighted by Crippen LogP contribution is -2.41. The summed E-state index contributed by atoms with van der Waals surface area (Å²) < 4.78 is 5.28. The van der Waals surface area contributed by atoms with E-state index in [0.717, 1.165) is 4.88 Å². The molecule has 1 aromatic rings. The van der Waals surface area contributed by atoms with Crippen LogP contribution in [0.3, 0.4) is 0 Å². The maximum atomic E-state index is 11.1. The molecule has 1 aliphatic rings. The second kappa shape index (κ2) is 5.12. The SMILES string of the molecule is CC(c1cncs1)N(C)C1COCC1C(=O)O. The van der Waals surface area contributed by atoms with Gasteiger partial charge in [-0.1, -0.05) is 0 Å². The van der Waals surface area contributed by atoms with Crippen molar-refractivity contribution in [3.8, 4) is 0 Å². The molecule has 2 rings (SSSR count). The van der Waals surface area contributed by atoms with Crippen LogP contribution >= 0.6 is 11.3 Å². The van der Waals surface area contributed by atoms with E-state index in [4.69, 9.17) is 9.84 Å². The van der Waals surface area contributed by atoms with E-state index in [2.05, 4.69) is 16.8 Å². The average molecular weight is 256 g/mol. The van der Waals surface area contributed by atoms with Crippen LogP contribution in [0.25, 0.3) is 0 Å². The van der Waals surface area contributed by atoms with Gasteiger partial charge in [0.1, 0.15) is 0 Å². The normalized spacial score (nSPS) is 26.3. The van der Waals surface area contributed by atoms with Gasteiger partial charge in [-0.05, 0) is 14.0 Å². The largest absolute Gasteiger partial charge is 0.481 e. The minimum absolute atomic E-state index is 0.0652. The average Bonchev–Trinajstić information content (AvgIpc) is 2.97. The van der Waals surface area contributed by atoms with Gasteiger partial charge >= 0.3 is 5.97 Å². The Balaban J connectivity index is 2.09. The molecule has 0 aromatic carbocycles. The molecule has 1 N–H and O–H groups in total. The molecular formula is C11H16N2O3S. The van der Waals surface area contributed by atoms with Gasteiger partial charge in [0.05, 0.1) is 24.6 Å². The van der Waals surface area contributed by atoms with Gasteiger partial charge in [-0.2, -0.15) is 0 Å². The number of rotatable bonds is 4. The Morgan fingerprint density at radius 1 is 1.71 bits per heavy atom. The Hall–Kier alpha value is -0.980. The fourth-order valence-electron chi connectivity index (χ4n) is 2.10. The highest BCUT2D eigenvalue weighted by atomic mass is 32.1. The number of carbonyl (C=O) groups is 1. The molecule has 1 saturated heterocycles. The van der Waals surface area contributed by atoms with Crippen LogP contribution in [-0.2, 0) is 9.53 Å². The van der Waals surface area contributed by atoms with Crippen LogP contribution in [0.5, 0.6) is 0 Å². The summed E-state index contributed by atoms with van der Waals surface area (Å²) in [6.45, 7) is 2.85. The summed E-state index contributed by atoms with van der Waals surface area (Å²) in [5, 5.41) is 9.13. The summed E-state index contributed by atoms with van der Waals surface area (Å²) in [6, 6.07) is 0.0978. The van der Waals surface area contributed by atoms with Crippen molar-refractivity contribution in [2.24, 2.45) is 5.92 Å². The first-order valence-corrected chi connectivity index (χ1v) is 6.40. The summed E-state index contributed by atoms with van der Waals surface area (Å²) in [7, 11) is 1.94. The number of hydrogen-bond donors (Lipinski definition) is 1. The molecule has 2 heterocycles. The van der Waals surface area contributed by atoms with Crippen molar-refractivity contribution in [3.63, 3.8) is 0 Å². The van der Waals surface area contributed by atoms with Crippen LogP contribution in [0.15, 0.2) is 11.7 Å². The molecule has 6 heteroatoms. The van der Waals surface area contributed by atoms with Crippen molar-refractivity contribution in [1.82, 2.24) is 9.88 Å². The third-order valence-corrected chi connectivity index (χ3v) is 4.31. The Morgan fingerprint density at radius 3 is 3.06 bits per heavy atom. The van der Waals surface area contributed by atoms with Crippen molar-refractivity contribution < 1.29 is 14.6 Å². The lowest BCUT2D eigenvalue weighted by atomic mass is 10.0. The molecule has 1 aliphatic heterocycles. The maximum Gasteiger partial charge on any atom is 0.310 e. The molecule has 0 aliphatic carbocycles. The monoisotopic (exact) mass is 256 g/mol. The van der Waals surface area contributed by atoms with Gasteiger partial charge in [0.2, 0.25) is 0 Å². The topological polar surface area (TPSA) is 62.7 Å². The van der Waals surface area contributed by atoms with Crippen molar-refractivity contribution >= 4 is 17.3 Å². The summed E-state index contributed by atoms with van der Waals surface area (Å²) in [6.07, 6.45) is 1.83. The number of ether oxygens (including phenoxy) is 1. The van der Waals surface area contributed by atoms with Crippen molar-refractivity contribution in [1.29, 1.82) is 0 Å². The van der Waals surface area contributed by atoms with E-state index in [-0.39, 0.29) is 12.1 Å². The summed E-state index contributed by atoms with van der Waals surface area (Å²) >= 11 is 1.59. The highest BCUT2D eigenvalue weighted by Crippen LogP contribution is 2.28. The van der Waals surface area contributed by atoms with Crippen LogP contribution < -0.4 is 0 Å². The zero-order valence-electron chi connectivity index (χ0n) is 9.87. The molecule has 17 heavy (non-hydrogen) atoms. The number of aromatic nitrogens is 1. The molecule has 94 valence electrons. The summed E-state index contributed by atoms with van der Waals surface area (Å²) in [5.74, 6) is -1.22. The third-order valence-electron chi connectivity index (χ3n) is 3.36. The first kappa shape index (κ1) is 12.5. The first-order valence-electron chi connectivity index (χ1n) is 5.52. The molecule has 5 nitrogen and oxygen atoms in total. The lowest BCUT2D eigenvalue weighted by molar-refractivity contribution is -0.143. The van der Waals surface area contributed by atoms with Crippen molar-refractivity contribution in [2.75, 3.05) is 20.3 Å². The number of aliphatic carboxylic acids is 1. The van der Waals surface area contributed by atoms with Gasteiger partial charge in [-0.3, -0.25) is 14.7 Å². The Kier molecular flexibility index (Phi) is 3.76. The molecule has 0 spiro atoms. The predicted molar refractivity (Wildman–Crippen MR) is 64.0 cm³/mol. The number of hydrogen-bond acceptors (Lipinski definition) is 5. The number of likely N-dealkylation sites (N-methyl/N-ethyl adjacent to an activating group) is 1. The molecule has 0 saturated carbocycles. The molecule has 0 amide bonds. The van der Waals surface area contributed by atoms with Crippen molar-refractivity contribution in [2.45, 2.75) is 19.0 Å². The number of carboxylic acids is 1. The van der Waals surface area contributed by atoms with Gasteiger partial charge in [0.15, 0.2) is 0 Å². The van der Waals surface area contributed by atoms with Crippen LogP contribution in [0.2, 0.25) is 0 Å². The fraction of sp³-hybridized carbons (Fsp3) is 0.636. The van der Waals surface area contributed by atoms with E-state index < -0.39 is 11.9 Å². The minimum atomic E-state index is -0.782. The van der Waals surface area contributed by atoms with E-state index in [0.29, 0.717) is 13.2 Å². The smallest absolute Gasteiger partial charge is 0.310 e. The van der Waals surface area contributed by atoms with Gasteiger partial charge in [0, 0.05) is 23.2 Å². The van der Waals surface area contributed by atoms with E-state index in [9.17, 15) is 4.79 Å². The standard InChI is InChI=1S/C11H16N2O3S/c1-7(10-3-12-6-17-10)13(2)9-5-16-4-8(9)11(14)15/h3,6-9H,4-5H2,1-2H3,(H,14,15). The molecule has 3 atom stereocenters. The van der Waals surface area contributed by atoms with Gasteiger partial charge in [-0.15, -0.1) is 11.3 Å². The van der Waals surface area contributed by atoms with Crippen LogP contribution in [0, 0.1) is 5.92 Å². The number of thiazole rings is 1. The van der Waals surface area contributed by atoms with E-state index in [1.807, 2.05) is 13.2 Å². The molecule has 1 fully saturated rings. The second-order valence-electron chi connectivity index (χ2n) is 4.29. The summed E-state index contributed by atoms with van der Waals surface area (Å²) in [5.41, 5.74) is 1.79. The Labute approximate surface area is 104 Å². The van der Waals surface area contributed by atoms with Crippen molar-refractivity contribution in [3.05, 3.63) is 16.6 Å². The van der Waals surface area contributed by atoms with Crippen LogP contribution in [0.4, 0.5) is 0 Å². The van der Waals surface area contributed by atoms with E-state index in [1.165, 1.54) is 0 Å². The number of carboxylic acid groups (broad SMARTS) is 1. The molecule has 1 aromatic heterocycles. The molecule has 3 unspecified atom stereocenters. The highest BCUT2D eigenvalue weighted by molar-refractivity contribution is 7.09. The third kappa shape index (κ3) is 2.48. The zero-order valence-corrected chi connectivity index (χ0v) is 10.7. The minimum Gasteiger partial charge on any atom is -0.481 e. The Bertz CT molecular complexity index is 382.